The van der Waals surface area contributed by atoms with Gasteiger partial charge in [-0.2, -0.15) is 0 Å². The lowest BCUT2D eigenvalue weighted by Crippen LogP contribution is -2.24. The van der Waals surface area contributed by atoms with Crippen molar-refractivity contribution in [3.8, 4) is 0 Å². The standard InChI is InChI=1S/C16H15BrClNOS/c1-2-15(21-14-8-6-12(18)7-9-14)16(20)19-13-5-3-4-11(17)10-13/h3-10,15H,2H2,1H3,(H,19,20)/t15-/m0/s1. The van der Waals surface area contributed by atoms with Gasteiger partial charge in [-0.1, -0.05) is 40.5 Å². The van der Waals surface area contributed by atoms with Crippen molar-refractivity contribution < 1.29 is 4.79 Å². The van der Waals surface area contributed by atoms with Gasteiger partial charge in [0, 0.05) is 20.1 Å². The van der Waals surface area contributed by atoms with Crippen molar-refractivity contribution in [3.63, 3.8) is 0 Å². The Morgan fingerprint density at radius 3 is 2.62 bits per heavy atom. The summed E-state index contributed by atoms with van der Waals surface area (Å²) < 4.78 is 0.943. The summed E-state index contributed by atoms with van der Waals surface area (Å²) in [5.74, 6) is 0.00977. The van der Waals surface area contributed by atoms with E-state index in [9.17, 15) is 4.79 Å². The molecular weight excluding hydrogens is 370 g/mol. The quantitative estimate of drug-likeness (QED) is 0.679. The highest BCUT2D eigenvalue weighted by atomic mass is 79.9. The van der Waals surface area contributed by atoms with Crippen molar-refractivity contribution in [2.45, 2.75) is 23.5 Å². The molecule has 1 N–H and O–H groups in total. The average molecular weight is 385 g/mol. The van der Waals surface area contributed by atoms with E-state index in [0.29, 0.717) is 5.02 Å². The van der Waals surface area contributed by atoms with Crippen LogP contribution in [0.15, 0.2) is 57.9 Å². The highest BCUT2D eigenvalue weighted by Crippen LogP contribution is 2.28. The average Bonchev–Trinajstić information content (AvgIpc) is 2.46. The minimum absolute atomic E-state index is 0.00977. The molecule has 0 saturated carbocycles. The van der Waals surface area contributed by atoms with E-state index in [2.05, 4.69) is 21.2 Å². The van der Waals surface area contributed by atoms with Crippen LogP contribution in [0, 0.1) is 0 Å². The first-order valence-corrected chi connectivity index (χ1v) is 8.62. The van der Waals surface area contributed by atoms with Crippen molar-refractivity contribution in [2.24, 2.45) is 0 Å². The van der Waals surface area contributed by atoms with Gasteiger partial charge in [0.15, 0.2) is 0 Å². The van der Waals surface area contributed by atoms with E-state index in [-0.39, 0.29) is 11.2 Å². The van der Waals surface area contributed by atoms with E-state index in [1.165, 1.54) is 0 Å². The predicted octanol–water partition coefficient (Wildman–Crippen LogP) is 5.61. The normalized spacial score (nSPS) is 12.0. The number of amides is 1. The lowest BCUT2D eigenvalue weighted by molar-refractivity contribution is -0.115. The molecule has 0 spiro atoms. The maximum absolute atomic E-state index is 12.4. The largest absolute Gasteiger partial charge is 0.325 e. The number of benzene rings is 2. The van der Waals surface area contributed by atoms with E-state index in [4.69, 9.17) is 11.6 Å². The van der Waals surface area contributed by atoms with Gasteiger partial charge in [0.25, 0.3) is 0 Å². The van der Waals surface area contributed by atoms with Gasteiger partial charge in [0.2, 0.25) is 5.91 Å². The number of thioether (sulfide) groups is 1. The Kier molecular flexibility index (Phi) is 6.15. The fourth-order valence-corrected chi connectivity index (χ4v) is 3.27. The van der Waals surface area contributed by atoms with Gasteiger partial charge in [-0.05, 0) is 48.9 Å². The number of halogens is 2. The smallest absolute Gasteiger partial charge is 0.237 e. The zero-order chi connectivity index (χ0) is 15.2. The van der Waals surface area contributed by atoms with Crippen LogP contribution in [0.1, 0.15) is 13.3 Å². The van der Waals surface area contributed by atoms with Gasteiger partial charge in [-0.3, -0.25) is 4.79 Å². The van der Waals surface area contributed by atoms with E-state index in [1.54, 1.807) is 11.8 Å². The summed E-state index contributed by atoms with van der Waals surface area (Å²) >= 11 is 10.8. The van der Waals surface area contributed by atoms with Gasteiger partial charge >= 0.3 is 0 Å². The first kappa shape index (κ1) is 16.4. The Labute approximate surface area is 142 Å². The molecule has 0 heterocycles. The summed E-state index contributed by atoms with van der Waals surface area (Å²) in [5, 5.41) is 3.52. The third kappa shape index (κ3) is 5.06. The lowest BCUT2D eigenvalue weighted by atomic mass is 10.3. The molecule has 2 rings (SSSR count). The molecule has 1 atom stereocenters. The lowest BCUT2D eigenvalue weighted by Gasteiger charge is -2.15. The molecule has 0 fully saturated rings. The van der Waals surface area contributed by atoms with Crippen LogP contribution in [0.2, 0.25) is 5.02 Å². The van der Waals surface area contributed by atoms with Crippen molar-refractivity contribution in [2.75, 3.05) is 5.32 Å². The van der Waals surface area contributed by atoms with E-state index in [1.807, 2.05) is 55.5 Å². The van der Waals surface area contributed by atoms with Crippen LogP contribution < -0.4 is 5.32 Å². The number of nitrogens with one attached hydrogen (secondary N) is 1. The van der Waals surface area contributed by atoms with E-state index in [0.717, 1.165) is 21.5 Å². The van der Waals surface area contributed by atoms with Gasteiger partial charge in [-0.15, -0.1) is 11.8 Å². The van der Waals surface area contributed by atoms with Crippen molar-refractivity contribution in [3.05, 3.63) is 58.0 Å². The molecule has 2 aromatic rings. The minimum Gasteiger partial charge on any atom is -0.325 e. The van der Waals surface area contributed by atoms with E-state index >= 15 is 0 Å². The highest BCUT2D eigenvalue weighted by Gasteiger charge is 2.18. The molecule has 0 aliphatic carbocycles. The second-order valence-electron chi connectivity index (χ2n) is 4.47. The van der Waals surface area contributed by atoms with Crippen molar-refractivity contribution >= 4 is 50.9 Å². The van der Waals surface area contributed by atoms with Crippen LogP contribution in [-0.4, -0.2) is 11.2 Å². The summed E-state index contributed by atoms with van der Waals surface area (Å²) in [6.45, 7) is 2.01. The Balaban J connectivity index is 2.03. The van der Waals surface area contributed by atoms with Crippen LogP contribution in [0.4, 0.5) is 5.69 Å². The van der Waals surface area contributed by atoms with Crippen LogP contribution >= 0.6 is 39.3 Å². The molecule has 0 bridgehead atoms. The number of anilines is 1. The summed E-state index contributed by atoms with van der Waals surface area (Å²) in [5.41, 5.74) is 0.796. The first-order valence-electron chi connectivity index (χ1n) is 6.57. The fourth-order valence-electron chi connectivity index (χ4n) is 1.79. The molecule has 0 aliphatic heterocycles. The Morgan fingerprint density at radius 1 is 1.29 bits per heavy atom. The van der Waals surface area contributed by atoms with Crippen LogP contribution in [0.5, 0.6) is 0 Å². The molecule has 2 nitrogen and oxygen atoms in total. The van der Waals surface area contributed by atoms with Gasteiger partial charge in [0.1, 0.15) is 0 Å². The number of carbonyl (C=O) groups excluding carboxylic acids is 1. The molecule has 0 radical (unpaired) electrons. The fraction of sp³-hybridized carbons (Fsp3) is 0.188. The topological polar surface area (TPSA) is 29.1 Å². The number of rotatable bonds is 5. The number of hydrogen-bond donors (Lipinski definition) is 1. The van der Waals surface area contributed by atoms with E-state index < -0.39 is 0 Å². The second-order valence-corrected chi connectivity index (χ2v) is 7.10. The molecular formula is C16H15BrClNOS. The SMILES string of the molecule is CC[C@H](Sc1ccc(Cl)cc1)C(=O)Nc1cccc(Br)c1. The molecule has 21 heavy (non-hydrogen) atoms. The Bertz CT molecular complexity index is 618. The molecule has 0 aromatic heterocycles. The maximum Gasteiger partial charge on any atom is 0.237 e. The van der Waals surface area contributed by atoms with Gasteiger partial charge < -0.3 is 5.32 Å². The third-order valence-electron chi connectivity index (χ3n) is 2.85. The maximum atomic E-state index is 12.4. The molecule has 0 unspecified atom stereocenters. The number of hydrogen-bond acceptors (Lipinski definition) is 2. The van der Waals surface area contributed by atoms with Gasteiger partial charge in [-0.25, -0.2) is 0 Å². The molecule has 1 amide bonds. The number of carbonyl (C=O) groups is 1. The first-order chi connectivity index (χ1) is 10.1. The van der Waals surface area contributed by atoms with Crippen LogP contribution in [0.25, 0.3) is 0 Å². The van der Waals surface area contributed by atoms with Crippen molar-refractivity contribution in [1.82, 2.24) is 0 Å². The predicted molar refractivity (Wildman–Crippen MR) is 94.2 cm³/mol. The Hall–Kier alpha value is -0.970. The second kappa shape index (κ2) is 7.87. The molecule has 110 valence electrons. The highest BCUT2D eigenvalue weighted by molar-refractivity contribution is 9.10. The molecule has 0 aliphatic rings. The monoisotopic (exact) mass is 383 g/mol. The van der Waals surface area contributed by atoms with Crippen molar-refractivity contribution in [1.29, 1.82) is 0 Å². The molecule has 0 saturated heterocycles. The minimum atomic E-state index is -0.134. The summed E-state index contributed by atoms with van der Waals surface area (Å²) in [6, 6.07) is 15.1. The third-order valence-corrected chi connectivity index (χ3v) is 4.97. The summed E-state index contributed by atoms with van der Waals surface area (Å²) in [7, 11) is 0. The van der Waals surface area contributed by atoms with Gasteiger partial charge in [0.05, 0.1) is 5.25 Å². The zero-order valence-electron chi connectivity index (χ0n) is 11.5. The van der Waals surface area contributed by atoms with Crippen LogP contribution in [-0.2, 0) is 4.79 Å². The summed E-state index contributed by atoms with van der Waals surface area (Å²) in [4.78, 5) is 13.4. The zero-order valence-corrected chi connectivity index (χ0v) is 14.6. The summed E-state index contributed by atoms with van der Waals surface area (Å²) in [6.07, 6.45) is 0.757. The van der Waals surface area contributed by atoms with Crippen LogP contribution in [0.3, 0.4) is 0 Å². The Morgan fingerprint density at radius 2 is 2.00 bits per heavy atom. The molecule has 5 heteroatoms. The molecule has 2 aromatic carbocycles.